The first-order valence-electron chi connectivity index (χ1n) is 45.0. The van der Waals surface area contributed by atoms with Crippen LogP contribution in [0.3, 0.4) is 0 Å². The Labute approximate surface area is 698 Å². The Kier molecular flexibility index (Phi) is 52.3. The summed E-state index contributed by atoms with van der Waals surface area (Å²) in [6.45, 7) is 55.0. The molecule has 0 aromatic heterocycles. The van der Waals surface area contributed by atoms with Crippen molar-refractivity contribution < 1.29 is 114 Å². The third kappa shape index (κ3) is 42.9. The Bertz CT molecular complexity index is 2550. The molecule has 0 saturated heterocycles. The molecule has 7 rings (SSSR count). The van der Waals surface area contributed by atoms with E-state index in [2.05, 4.69) is 27.7 Å². The fourth-order valence-corrected chi connectivity index (χ4v) is 14.7. The highest BCUT2D eigenvalue weighted by molar-refractivity contribution is 5.77. The summed E-state index contributed by atoms with van der Waals surface area (Å²) in [6, 6.07) is 0. The normalized spacial score (nSPS) is 22.9. The number of hydrogen-bond acceptors (Lipinski definition) is 24. The quantitative estimate of drug-likeness (QED) is 0.0237. The summed E-state index contributed by atoms with van der Waals surface area (Å²) in [6.07, 6.45) is 27.7. The van der Waals surface area contributed by atoms with E-state index in [1.54, 1.807) is 6.92 Å². The maximum absolute atomic E-state index is 13.4. The molecule has 0 heterocycles. The van der Waals surface area contributed by atoms with Gasteiger partial charge in [-0.25, -0.2) is 0 Å². The van der Waals surface area contributed by atoms with Crippen LogP contribution in [0.1, 0.15) is 360 Å². The number of carbonyl (C=O) groups excluding carboxylic acids is 5. The highest BCUT2D eigenvalue weighted by Crippen LogP contribution is 2.64. The number of unbranched alkanes of at least 4 members (excludes halogenated alkanes) is 1. The van der Waals surface area contributed by atoms with Crippen molar-refractivity contribution in [1.29, 1.82) is 0 Å². The van der Waals surface area contributed by atoms with Crippen molar-refractivity contribution in [2.24, 2.45) is 33.0 Å². The molecule has 10 unspecified atom stereocenters. The molecule has 24 heteroatoms. The van der Waals surface area contributed by atoms with Crippen molar-refractivity contribution >= 4 is 29.8 Å². The summed E-state index contributed by atoms with van der Waals surface area (Å²) in [5, 5.41) is 0. The van der Waals surface area contributed by atoms with Gasteiger partial charge in [-0.2, -0.15) is 0 Å². The first-order valence-corrected chi connectivity index (χ1v) is 45.0. The first kappa shape index (κ1) is 108. The minimum atomic E-state index is -0.684. The van der Waals surface area contributed by atoms with Crippen LogP contribution in [0, 0.1) is 33.0 Å². The zero-order valence-corrected chi connectivity index (χ0v) is 77.5. The summed E-state index contributed by atoms with van der Waals surface area (Å²) in [5.74, 6) is -0.461. The summed E-state index contributed by atoms with van der Waals surface area (Å²) in [7, 11) is 0. The van der Waals surface area contributed by atoms with E-state index in [0.29, 0.717) is 90.1 Å². The lowest BCUT2D eigenvalue weighted by molar-refractivity contribution is -0.341. The SMILES string of the molecule is CCC(C)(C)C(=O)OC12CC3CC(OC(C)OC4CCCCC4)(C1)CC(OC(C)OC1CCCCC1)(C3)C2.CCC(C)(C)C(=O)OCCOC(C)OC1CCCCC1.CCCCOC(C)OCCOC(=O)C(C)(C)CC.CCOC(C)COC(COC(=O)C(C)(C)CC)OC(C)OCC.CCOC(C)OCCOC(=O)C(C)(C)CC. The fourth-order valence-electron chi connectivity index (χ4n) is 14.7. The number of ether oxygens (including phenoxy) is 19. The fraction of sp³-hybridized carbons (Fsp3) is 0.945. The van der Waals surface area contributed by atoms with E-state index in [1.807, 2.05) is 145 Å². The van der Waals surface area contributed by atoms with Gasteiger partial charge in [-0.05, 0) is 241 Å². The van der Waals surface area contributed by atoms with Crippen molar-refractivity contribution in [3.8, 4) is 0 Å². The van der Waals surface area contributed by atoms with Crippen LogP contribution < -0.4 is 0 Å². The Hall–Kier alpha value is -3.21. The van der Waals surface area contributed by atoms with Crippen molar-refractivity contribution in [3.05, 3.63) is 0 Å². The van der Waals surface area contributed by atoms with Crippen LogP contribution in [0.2, 0.25) is 0 Å². The van der Waals surface area contributed by atoms with Gasteiger partial charge < -0.3 is 90.0 Å². The van der Waals surface area contributed by atoms with Crippen molar-refractivity contribution in [2.45, 2.75) is 445 Å². The van der Waals surface area contributed by atoms with Gasteiger partial charge in [0.05, 0.1) is 89.1 Å². The molecule has 0 radical (unpaired) electrons. The number of esters is 5. The van der Waals surface area contributed by atoms with E-state index in [9.17, 15) is 24.0 Å². The topological polar surface area (TPSA) is 261 Å². The molecular weight excluding hydrogens is 1480 g/mol. The van der Waals surface area contributed by atoms with Crippen LogP contribution in [-0.2, 0) is 114 Å². The van der Waals surface area contributed by atoms with E-state index in [0.717, 1.165) is 116 Å². The van der Waals surface area contributed by atoms with Crippen molar-refractivity contribution in [2.75, 3.05) is 79.3 Å². The van der Waals surface area contributed by atoms with E-state index in [4.69, 9.17) is 90.0 Å². The van der Waals surface area contributed by atoms with Gasteiger partial charge in [0.15, 0.2) is 44.0 Å². The highest BCUT2D eigenvalue weighted by atomic mass is 16.8. The lowest BCUT2D eigenvalue weighted by Crippen LogP contribution is -2.69. The van der Waals surface area contributed by atoms with Gasteiger partial charge in [-0.3, -0.25) is 24.0 Å². The van der Waals surface area contributed by atoms with Gasteiger partial charge in [-0.15, -0.1) is 0 Å². The second kappa shape index (κ2) is 55.7. The maximum atomic E-state index is 13.4. The van der Waals surface area contributed by atoms with Crippen LogP contribution in [0.25, 0.3) is 0 Å². The molecule has 115 heavy (non-hydrogen) atoms. The molecule has 0 spiro atoms. The smallest absolute Gasteiger partial charge is 0.312 e. The van der Waals surface area contributed by atoms with Gasteiger partial charge >= 0.3 is 29.8 Å². The molecule has 0 N–H and O–H groups in total. The predicted octanol–water partition coefficient (Wildman–Crippen LogP) is 19.9. The van der Waals surface area contributed by atoms with Gasteiger partial charge in [-0.1, -0.05) is 106 Å². The number of hydrogen-bond donors (Lipinski definition) is 0. The van der Waals surface area contributed by atoms with Crippen LogP contribution in [0.15, 0.2) is 0 Å². The van der Waals surface area contributed by atoms with Gasteiger partial charge in [0.2, 0.25) is 0 Å². The molecule has 0 aliphatic heterocycles. The number of carbonyl (C=O) groups is 5. The largest absolute Gasteiger partial charge is 0.463 e. The third-order valence-corrected chi connectivity index (χ3v) is 23.4. The molecule has 7 aliphatic carbocycles. The molecule has 0 amide bonds. The van der Waals surface area contributed by atoms with E-state index in [1.165, 1.54) is 57.8 Å². The molecule has 10 atom stereocenters. The van der Waals surface area contributed by atoms with Crippen LogP contribution in [0.4, 0.5) is 0 Å². The molecule has 7 saturated carbocycles. The number of rotatable bonds is 50. The second-order valence-electron chi connectivity index (χ2n) is 35.9. The maximum Gasteiger partial charge on any atom is 0.312 e. The average Bonchev–Trinajstić information content (AvgIpc) is 0.700. The van der Waals surface area contributed by atoms with E-state index >= 15 is 0 Å². The molecule has 678 valence electrons. The third-order valence-electron chi connectivity index (χ3n) is 23.4. The van der Waals surface area contributed by atoms with Crippen molar-refractivity contribution in [1.82, 2.24) is 0 Å². The molecule has 7 fully saturated rings. The predicted molar refractivity (Wildman–Crippen MR) is 446 cm³/mol. The monoisotopic (exact) mass is 1650 g/mol. The van der Waals surface area contributed by atoms with Gasteiger partial charge in [0.1, 0.15) is 32.0 Å². The molecule has 7 aliphatic rings. The summed E-state index contributed by atoms with van der Waals surface area (Å²) >= 11 is 0. The standard InChI is InChI=1S/C32H54O6.C17H34O6.C16H30O4.C14H28O4.C12H24O4/c1-6-29(4,5)28(33)38-32-19-25-17-30(21-32,36-23(2)34-26-13-9-7-10-14-26)20-31(18-25,22-32)37-24(3)35-27-15-11-8-12-16-27;1-8-17(6,7)16(18)22-12-15(23-14(5)20-10-3)21-11-13(4)19-9-2;1-5-16(3,4)15(17)19-12-11-18-13(2)20-14-9-7-6-8-10-14;1-6-8-9-16-12(3)17-10-11-18-13(15)14(4,5)7-2;1-6-12(4,5)11(13)16-9-8-15-10(3)14-7-2/h23-27H,6-22H2,1-5H3;13-15H,8-12H2,1-7H3;13-14H,5-12H2,1-4H3;12H,6-11H2,1-5H3;10H,6-9H2,1-5H3. The van der Waals surface area contributed by atoms with Crippen LogP contribution >= 0.6 is 0 Å². The van der Waals surface area contributed by atoms with Crippen molar-refractivity contribution in [3.63, 3.8) is 0 Å². The minimum Gasteiger partial charge on any atom is -0.463 e. The zero-order valence-electron chi connectivity index (χ0n) is 77.5. The molecule has 4 bridgehead atoms. The molecule has 0 aromatic carbocycles. The molecule has 0 aromatic rings. The highest BCUT2D eigenvalue weighted by Gasteiger charge is 2.67. The Morgan fingerprint density at radius 3 is 1.03 bits per heavy atom. The first-order chi connectivity index (χ1) is 54.1. The van der Waals surface area contributed by atoms with Gasteiger partial charge in [0, 0.05) is 45.7 Å². The molecule has 24 nitrogen and oxygen atoms in total. The average molecular weight is 1650 g/mol. The summed E-state index contributed by atoms with van der Waals surface area (Å²) in [4.78, 5) is 60.4. The molecular formula is C91H170O24. The summed E-state index contributed by atoms with van der Waals surface area (Å²) in [5.41, 5.74) is -3.59. The van der Waals surface area contributed by atoms with Crippen LogP contribution in [0.5, 0.6) is 0 Å². The van der Waals surface area contributed by atoms with E-state index < -0.39 is 56.5 Å². The second-order valence-corrected chi connectivity index (χ2v) is 35.9. The van der Waals surface area contributed by atoms with Gasteiger partial charge in [0.25, 0.3) is 0 Å². The lowest BCUT2D eigenvalue weighted by atomic mass is 9.50. The zero-order chi connectivity index (χ0) is 86.5. The Morgan fingerprint density at radius 2 is 0.652 bits per heavy atom. The van der Waals surface area contributed by atoms with E-state index in [-0.39, 0.29) is 87.2 Å². The minimum absolute atomic E-state index is 0.0263. The lowest BCUT2D eigenvalue weighted by Gasteiger charge is -2.65. The Morgan fingerprint density at radius 1 is 0.330 bits per heavy atom. The van der Waals surface area contributed by atoms with Crippen LogP contribution in [-0.4, -0.2) is 194 Å². The summed E-state index contributed by atoms with van der Waals surface area (Å²) < 4.78 is 109. The Balaban J connectivity index is 0.000000511.